The molecule has 0 heterocycles. The van der Waals surface area contributed by atoms with Gasteiger partial charge >= 0.3 is 0 Å². The molecule has 0 saturated carbocycles. The van der Waals surface area contributed by atoms with E-state index in [1.165, 1.54) is 5.56 Å². The standard InChI is InChI=1S/C14H20N2/c1-5-6-9-16-13-10-11(14(2,3)4)7-8-12(13)15/h5-10H,15H2,1-4H3/b6-5-,16-9-. The SMILES string of the molecule is C/C=C\C=N/c1cc(C(C)(C)C)ccc1N. The van der Waals surface area contributed by atoms with Crippen LogP contribution in [0.25, 0.3) is 0 Å². The average molecular weight is 216 g/mol. The van der Waals surface area contributed by atoms with Gasteiger partial charge in [0.25, 0.3) is 0 Å². The van der Waals surface area contributed by atoms with Gasteiger partial charge < -0.3 is 5.73 Å². The highest BCUT2D eigenvalue weighted by atomic mass is 14.8. The van der Waals surface area contributed by atoms with Crippen molar-refractivity contribution in [3.8, 4) is 0 Å². The Bertz CT molecular complexity index is 409. The van der Waals surface area contributed by atoms with Crippen molar-refractivity contribution in [3.05, 3.63) is 35.9 Å². The molecule has 0 fully saturated rings. The molecular weight excluding hydrogens is 196 g/mol. The number of hydrogen-bond acceptors (Lipinski definition) is 2. The van der Waals surface area contributed by atoms with Crippen LogP contribution in [0.4, 0.5) is 11.4 Å². The van der Waals surface area contributed by atoms with Gasteiger partial charge in [-0.2, -0.15) is 0 Å². The van der Waals surface area contributed by atoms with E-state index < -0.39 is 0 Å². The molecule has 0 aliphatic rings. The number of nitrogens with zero attached hydrogens (tertiary/aromatic N) is 1. The van der Waals surface area contributed by atoms with Gasteiger partial charge in [-0.3, -0.25) is 4.99 Å². The van der Waals surface area contributed by atoms with E-state index in [0.717, 1.165) is 5.69 Å². The lowest BCUT2D eigenvalue weighted by Crippen LogP contribution is -2.10. The predicted octanol–water partition coefficient (Wildman–Crippen LogP) is 3.84. The number of nitrogens with two attached hydrogens (primary N) is 1. The lowest BCUT2D eigenvalue weighted by atomic mass is 9.87. The van der Waals surface area contributed by atoms with Crippen LogP contribution in [-0.4, -0.2) is 6.21 Å². The number of hydrogen-bond donors (Lipinski definition) is 1. The fraction of sp³-hybridized carbons (Fsp3) is 0.357. The summed E-state index contributed by atoms with van der Waals surface area (Å²) in [5.74, 6) is 0. The molecule has 0 atom stereocenters. The number of benzene rings is 1. The third kappa shape index (κ3) is 3.23. The molecular formula is C14H20N2. The van der Waals surface area contributed by atoms with Crippen molar-refractivity contribution in [1.82, 2.24) is 0 Å². The first kappa shape index (κ1) is 12.5. The van der Waals surface area contributed by atoms with Crippen LogP contribution in [-0.2, 0) is 5.41 Å². The fourth-order valence-electron chi connectivity index (χ4n) is 1.33. The summed E-state index contributed by atoms with van der Waals surface area (Å²) in [4.78, 5) is 4.33. The molecule has 0 saturated heterocycles. The number of anilines is 1. The first-order valence-electron chi connectivity index (χ1n) is 5.50. The molecule has 0 amide bonds. The maximum absolute atomic E-state index is 5.88. The Labute approximate surface area is 97.9 Å². The van der Waals surface area contributed by atoms with Crippen molar-refractivity contribution < 1.29 is 0 Å². The van der Waals surface area contributed by atoms with Gasteiger partial charge in [0.15, 0.2) is 0 Å². The molecule has 2 heteroatoms. The summed E-state index contributed by atoms with van der Waals surface area (Å²) in [6.45, 7) is 8.49. The van der Waals surface area contributed by atoms with Crippen LogP contribution in [0.5, 0.6) is 0 Å². The summed E-state index contributed by atoms with van der Waals surface area (Å²) in [7, 11) is 0. The summed E-state index contributed by atoms with van der Waals surface area (Å²) in [5.41, 5.74) is 8.80. The smallest absolute Gasteiger partial charge is 0.0861 e. The Morgan fingerprint density at radius 1 is 1.25 bits per heavy atom. The van der Waals surface area contributed by atoms with Gasteiger partial charge in [-0.05, 0) is 36.1 Å². The van der Waals surface area contributed by atoms with Gasteiger partial charge in [0.2, 0.25) is 0 Å². The summed E-state index contributed by atoms with van der Waals surface area (Å²) >= 11 is 0. The maximum atomic E-state index is 5.88. The van der Waals surface area contributed by atoms with Gasteiger partial charge in [-0.15, -0.1) is 0 Å². The molecule has 0 unspecified atom stereocenters. The molecule has 1 aromatic rings. The monoisotopic (exact) mass is 216 g/mol. The highest BCUT2D eigenvalue weighted by molar-refractivity contribution is 5.78. The maximum Gasteiger partial charge on any atom is 0.0861 e. The van der Waals surface area contributed by atoms with Crippen LogP contribution in [0.15, 0.2) is 35.3 Å². The molecule has 2 N–H and O–H groups in total. The summed E-state index contributed by atoms with van der Waals surface area (Å²) in [5, 5.41) is 0. The van der Waals surface area contributed by atoms with E-state index in [9.17, 15) is 0 Å². The summed E-state index contributed by atoms with van der Waals surface area (Å²) < 4.78 is 0. The predicted molar refractivity (Wildman–Crippen MR) is 72.5 cm³/mol. The topological polar surface area (TPSA) is 38.4 Å². The molecule has 1 rings (SSSR count). The molecule has 0 aromatic heterocycles. The largest absolute Gasteiger partial charge is 0.397 e. The molecule has 16 heavy (non-hydrogen) atoms. The summed E-state index contributed by atoms with van der Waals surface area (Å²) in [6, 6.07) is 6.03. The third-order valence-electron chi connectivity index (χ3n) is 2.39. The lowest BCUT2D eigenvalue weighted by Gasteiger charge is -2.19. The van der Waals surface area contributed by atoms with E-state index in [1.807, 2.05) is 25.1 Å². The van der Waals surface area contributed by atoms with E-state index in [-0.39, 0.29) is 5.41 Å². The van der Waals surface area contributed by atoms with Gasteiger partial charge in [0.1, 0.15) is 0 Å². The summed E-state index contributed by atoms with van der Waals surface area (Å²) in [6.07, 6.45) is 5.59. The van der Waals surface area contributed by atoms with Gasteiger partial charge in [0, 0.05) is 6.21 Å². The van der Waals surface area contributed by atoms with Crippen LogP contribution in [0.1, 0.15) is 33.3 Å². The second kappa shape index (κ2) is 4.97. The van der Waals surface area contributed by atoms with Crippen LogP contribution in [0.3, 0.4) is 0 Å². The zero-order valence-electron chi connectivity index (χ0n) is 10.5. The van der Waals surface area contributed by atoms with Gasteiger partial charge in [-0.25, -0.2) is 0 Å². The van der Waals surface area contributed by atoms with Crippen molar-refractivity contribution in [2.75, 3.05) is 5.73 Å². The Hall–Kier alpha value is -1.57. The Morgan fingerprint density at radius 2 is 1.94 bits per heavy atom. The minimum Gasteiger partial charge on any atom is -0.397 e. The highest BCUT2D eigenvalue weighted by Gasteiger charge is 2.14. The first-order valence-corrected chi connectivity index (χ1v) is 5.50. The second-order valence-corrected chi connectivity index (χ2v) is 4.83. The second-order valence-electron chi connectivity index (χ2n) is 4.83. The van der Waals surface area contributed by atoms with Crippen molar-refractivity contribution in [3.63, 3.8) is 0 Å². The first-order chi connectivity index (χ1) is 7.45. The van der Waals surface area contributed by atoms with Crippen LogP contribution < -0.4 is 5.73 Å². The molecule has 0 spiro atoms. The normalized spacial score (nSPS) is 12.8. The third-order valence-corrected chi connectivity index (χ3v) is 2.39. The molecule has 0 bridgehead atoms. The number of aliphatic imine (C=N–C) groups is 1. The zero-order chi connectivity index (χ0) is 12.2. The average Bonchev–Trinajstić information content (AvgIpc) is 2.19. The van der Waals surface area contributed by atoms with Crippen molar-refractivity contribution in [1.29, 1.82) is 0 Å². The minimum absolute atomic E-state index is 0.124. The highest BCUT2D eigenvalue weighted by Crippen LogP contribution is 2.29. The van der Waals surface area contributed by atoms with Crippen LogP contribution in [0, 0.1) is 0 Å². The Morgan fingerprint density at radius 3 is 2.50 bits per heavy atom. The number of allylic oxidation sites excluding steroid dienone is 2. The quantitative estimate of drug-likeness (QED) is 0.592. The minimum atomic E-state index is 0.124. The molecule has 0 aliphatic carbocycles. The Kier molecular flexibility index (Phi) is 3.88. The molecule has 0 aliphatic heterocycles. The molecule has 0 radical (unpaired) electrons. The lowest BCUT2D eigenvalue weighted by molar-refractivity contribution is 0.590. The molecule has 2 nitrogen and oxygen atoms in total. The van der Waals surface area contributed by atoms with Gasteiger partial charge in [0.05, 0.1) is 11.4 Å². The van der Waals surface area contributed by atoms with E-state index in [4.69, 9.17) is 5.73 Å². The van der Waals surface area contributed by atoms with Crippen molar-refractivity contribution in [2.45, 2.75) is 33.1 Å². The Balaban J connectivity index is 3.09. The number of nitrogen functional groups attached to an aromatic ring is 1. The fourth-order valence-corrected chi connectivity index (χ4v) is 1.33. The van der Waals surface area contributed by atoms with E-state index in [0.29, 0.717) is 5.69 Å². The van der Waals surface area contributed by atoms with Crippen molar-refractivity contribution in [2.24, 2.45) is 4.99 Å². The van der Waals surface area contributed by atoms with E-state index in [1.54, 1.807) is 6.21 Å². The van der Waals surface area contributed by atoms with Crippen LogP contribution >= 0.6 is 0 Å². The zero-order valence-corrected chi connectivity index (χ0v) is 10.5. The van der Waals surface area contributed by atoms with Gasteiger partial charge in [-0.1, -0.05) is 32.9 Å². The number of rotatable bonds is 2. The molecule has 86 valence electrons. The van der Waals surface area contributed by atoms with E-state index in [2.05, 4.69) is 37.9 Å². The van der Waals surface area contributed by atoms with Crippen molar-refractivity contribution >= 4 is 17.6 Å². The van der Waals surface area contributed by atoms with Crippen LogP contribution in [0.2, 0.25) is 0 Å². The van der Waals surface area contributed by atoms with E-state index >= 15 is 0 Å². The molecule has 1 aromatic carbocycles.